The van der Waals surface area contributed by atoms with Crippen LogP contribution in [-0.2, 0) is 0 Å². The Morgan fingerprint density at radius 2 is 2.00 bits per heavy atom. The van der Waals surface area contributed by atoms with Crippen LogP contribution in [0.2, 0.25) is 0 Å². The first-order valence-electron chi connectivity index (χ1n) is 5.83. The molecule has 3 N–H and O–H groups in total. The summed E-state index contributed by atoms with van der Waals surface area (Å²) in [5.41, 5.74) is 4.23. The van der Waals surface area contributed by atoms with Crippen molar-refractivity contribution < 1.29 is 9.47 Å². The maximum Gasteiger partial charge on any atom is 0.158 e. The minimum absolute atomic E-state index is 0.322. The van der Waals surface area contributed by atoms with Crippen LogP contribution in [0.15, 0.2) is 30.3 Å². The number of rotatable bonds is 4. The van der Waals surface area contributed by atoms with E-state index in [1.54, 1.807) is 32.4 Å². The molecular formula is C14H14N4O2. The van der Waals surface area contributed by atoms with Gasteiger partial charge in [0, 0.05) is 11.6 Å². The molecule has 102 valence electrons. The quantitative estimate of drug-likeness (QED) is 0.651. The maximum absolute atomic E-state index is 8.95. The van der Waals surface area contributed by atoms with Gasteiger partial charge in [-0.2, -0.15) is 5.26 Å². The van der Waals surface area contributed by atoms with Crippen LogP contribution in [-0.4, -0.2) is 19.2 Å². The van der Waals surface area contributed by atoms with E-state index in [9.17, 15) is 0 Å². The van der Waals surface area contributed by atoms with Gasteiger partial charge in [-0.05, 0) is 24.3 Å². The number of pyridine rings is 1. The third-order valence-corrected chi connectivity index (χ3v) is 2.84. The van der Waals surface area contributed by atoms with Crippen LogP contribution in [0.25, 0.3) is 11.3 Å². The van der Waals surface area contributed by atoms with Crippen molar-refractivity contribution in [2.24, 2.45) is 5.84 Å². The predicted octanol–water partition coefficient (Wildman–Crippen LogP) is 1.92. The molecule has 6 nitrogen and oxygen atoms in total. The highest BCUT2D eigenvalue weighted by Crippen LogP contribution is 2.33. The monoisotopic (exact) mass is 270 g/mol. The summed E-state index contributed by atoms with van der Waals surface area (Å²) in [5, 5.41) is 8.95. The fourth-order valence-electron chi connectivity index (χ4n) is 1.82. The minimum atomic E-state index is 0.322. The minimum Gasteiger partial charge on any atom is -0.497 e. The molecule has 1 aromatic heterocycles. The molecule has 0 bridgehead atoms. The number of benzene rings is 1. The van der Waals surface area contributed by atoms with Crippen LogP contribution in [0.5, 0.6) is 11.5 Å². The van der Waals surface area contributed by atoms with Gasteiger partial charge in [0.1, 0.15) is 17.6 Å². The number of hydrazine groups is 1. The number of nitrogen functional groups attached to an aromatic ring is 1. The average molecular weight is 270 g/mol. The maximum atomic E-state index is 8.95. The van der Waals surface area contributed by atoms with Crippen molar-refractivity contribution in [2.45, 2.75) is 0 Å². The van der Waals surface area contributed by atoms with Crippen LogP contribution < -0.4 is 20.7 Å². The van der Waals surface area contributed by atoms with Crippen molar-refractivity contribution in [3.8, 4) is 28.8 Å². The summed E-state index contributed by atoms with van der Waals surface area (Å²) in [7, 11) is 3.16. The molecule has 2 aromatic rings. The number of ether oxygens (including phenoxy) is 2. The average Bonchev–Trinajstić information content (AvgIpc) is 2.53. The Kier molecular flexibility index (Phi) is 4.03. The highest BCUT2D eigenvalue weighted by atomic mass is 16.5. The van der Waals surface area contributed by atoms with Gasteiger partial charge in [-0.15, -0.1) is 0 Å². The second kappa shape index (κ2) is 5.91. The number of methoxy groups -OCH3 is 2. The lowest BCUT2D eigenvalue weighted by atomic mass is 10.1. The molecule has 0 radical (unpaired) electrons. The Bertz CT molecular complexity index is 665. The number of nitrogens with two attached hydrogens (primary N) is 1. The number of hydrogen-bond donors (Lipinski definition) is 2. The molecule has 0 amide bonds. The van der Waals surface area contributed by atoms with Gasteiger partial charge in [-0.25, -0.2) is 10.8 Å². The Labute approximate surface area is 116 Å². The Morgan fingerprint density at radius 3 is 2.60 bits per heavy atom. The first-order valence-corrected chi connectivity index (χ1v) is 5.83. The summed E-state index contributed by atoms with van der Waals surface area (Å²) < 4.78 is 10.5. The van der Waals surface area contributed by atoms with Crippen LogP contribution in [0, 0.1) is 11.3 Å². The van der Waals surface area contributed by atoms with E-state index in [-0.39, 0.29) is 0 Å². The molecular weight excluding hydrogens is 256 g/mol. The number of anilines is 1. The zero-order valence-corrected chi connectivity index (χ0v) is 11.2. The van der Waals surface area contributed by atoms with E-state index >= 15 is 0 Å². The van der Waals surface area contributed by atoms with Crippen LogP contribution in [0.4, 0.5) is 5.82 Å². The smallest absolute Gasteiger partial charge is 0.158 e. The largest absolute Gasteiger partial charge is 0.497 e. The predicted molar refractivity (Wildman–Crippen MR) is 75.3 cm³/mol. The molecule has 20 heavy (non-hydrogen) atoms. The van der Waals surface area contributed by atoms with Gasteiger partial charge in [-0.3, -0.25) is 0 Å². The number of hydrogen-bond acceptors (Lipinski definition) is 6. The third kappa shape index (κ3) is 2.48. The van der Waals surface area contributed by atoms with E-state index in [0.29, 0.717) is 28.6 Å². The Balaban J connectivity index is 2.54. The van der Waals surface area contributed by atoms with Crippen molar-refractivity contribution >= 4 is 5.82 Å². The summed E-state index contributed by atoms with van der Waals surface area (Å²) >= 11 is 0. The third-order valence-electron chi connectivity index (χ3n) is 2.84. The van der Waals surface area contributed by atoms with Gasteiger partial charge in [-0.1, -0.05) is 0 Å². The van der Waals surface area contributed by atoms with Crippen LogP contribution >= 0.6 is 0 Å². The lowest BCUT2D eigenvalue weighted by Crippen LogP contribution is -2.10. The van der Waals surface area contributed by atoms with E-state index in [1.165, 1.54) is 0 Å². The summed E-state index contributed by atoms with van der Waals surface area (Å²) in [6.45, 7) is 0. The topological polar surface area (TPSA) is 93.2 Å². The molecule has 0 atom stereocenters. The van der Waals surface area contributed by atoms with Gasteiger partial charge in [0.2, 0.25) is 0 Å². The van der Waals surface area contributed by atoms with Crippen molar-refractivity contribution in [3.63, 3.8) is 0 Å². The van der Waals surface area contributed by atoms with Crippen molar-refractivity contribution in [2.75, 3.05) is 19.6 Å². The second-order valence-corrected chi connectivity index (χ2v) is 3.92. The SMILES string of the molecule is COc1ccc(-c2ccc(C#N)c(NN)n2)c(OC)c1. The zero-order valence-electron chi connectivity index (χ0n) is 11.2. The highest BCUT2D eigenvalue weighted by Gasteiger charge is 2.11. The summed E-state index contributed by atoms with van der Waals surface area (Å²) in [4.78, 5) is 4.32. The standard InChI is InChI=1S/C14H14N4O2/c1-19-10-4-5-11(13(7-10)20-2)12-6-3-9(8-15)14(17-12)18-16/h3-7H,16H2,1-2H3,(H,17,18). The van der Waals surface area contributed by atoms with Gasteiger partial charge >= 0.3 is 0 Å². The van der Waals surface area contributed by atoms with E-state index in [4.69, 9.17) is 20.6 Å². The molecule has 0 unspecified atom stereocenters. The molecule has 0 aliphatic rings. The molecule has 2 rings (SSSR count). The first kappa shape index (κ1) is 13.6. The number of aromatic nitrogens is 1. The lowest BCUT2D eigenvalue weighted by molar-refractivity contribution is 0.395. The highest BCUT2D eigenvalue weighted by molar-refractivity contribution is 5.71. The molecule has 0 spiro atoms. The number of nitriles is 1. The lowest BCUT2D eigenvalue weighted by Gasteiger charge is -2.11. The molecule has 0 saturated heterocycles. The van der Waals surface area contributed by atoms with Crippen LogP contribution in [0.1, 0.15) is 5.56 Å². The number of nitrogens with zero attached hydrogens (tertiary/aromatic N) is 2. The first-order chi connectivity index (χ1) is 9.73. The van der Waals surface area contributed by atoms with E-state index in [1.807, 2.05) is 18.2 Å². The van der Waals surface area contributed by atoms with E-state index in [0.717, 1.165) is 5.56 Å². The van der Waals surface area contributed by atoms with Gasteiger partial charge < -0.3 is 14.9 Å². The Hall–Kier alpha value is -2.78. The molecule has 0 saturated carbocycles. The zero-order chi connectivity index (χ0) is 14.5. The molecule has 1 heterocycles. The van der Waals surface area contributed by atoms with E-state index in [2.05, 4.69) is 10.4 Å². The summed E-state index contributed by atoms with van der Waals surface area (Å²) in [5.74, 6) is 7.02. The van der Waals surface area contributed by atoms with Crippen LogP contribution in [0.3, 0.4) is 0 Å². The normalized spacial score (nSPS) is 9.70. The molecule has 0 fully saturated rings. The Morgan fingerprint density at radius 1 is 1.20 bits per heavy atom. The van der Waals surface area contributed by atoms with Gasteiger partial charge in [0.05, 0.1) is 25.5 Å². The molecule has 1 aromatic carbocycles. The van der Waals surface area contributed by atoms with Gasteiger partial charge in [0.15, 0.2) is 5.82 Å². The van der Waals surface area contributed by atoms with Crippen molar-refractivity contribution in [1.29, 1.82) is 5.26 Å². The fraction of sp³-hybridized carbons (Fsp3) is 0.143. The number of nitrogens with one attached hydrogen (secondary N) is 1. The van der Waals surface area contributed by atoms with Gasteiger partial charge in [0.25, 0.3) is 0 Å². The van der Waals surface area contributed by atoms with Crippen molar-refractivity contribution in [1.82, 2.24) is 4.98 Å². The van der Waals surface area contributed by atoms with E-state index < -0.39 is 0 Å². The second-order valence-electron chi connectivity index (χ2n) is 3.92. The summed E-state index contributed by atoms with van der Waals surface area (Å²) in [6, 6.07) is 10.8. The molecule has 0 aliphatic heterocycles. The summed E-state index contributed by atoms with van der Waals surface area (Å²) in [6.07, 6.45) is 0. The van der Waals surface area contributed by atoms with Crippen molar-refractivity contribution in [3.05, 3.63) is 35.9 Å². The fourth-order valence-corrected chi connectivity index (χ4v) is 1.82. The molecule has 0 aliphatic carbocycles. The molecule has 6 heteroatoms.